The summed E-state index contributed by atoms with van der Waals surface area (Å²) in [6.45, 7) is 2.14. The Hall–Kier alpha value is -0.0800. The molecule has 0 radical (unpaired) electrons. The molecule has 0 spiro atoms. The number of rotatable bonds is 3. The van der Waals surface area contributed by atoms with Crippen LogP contribution in [-0.4, -0.2) is 23.8 Å². The molecule has 0 amide bonds. The van der Waals surface area contributed by atoms with Crippen LogP contribution in [0.4, 0.5) is 0 Å². The summed E-state index contributed by atoms with van der Waals surface area (Å²) in [5.74, 6) is 0. The Morgan fingerprint density at radius 3 is 2.42 bits per heavy atom. The Morgan fingerprint density at radius 2 is 2.00 bits per heavy atom. The van der Waals surface area contributed by atoms with E-state index in [9.17, 15) is 5.11 Å². The van der Waals surface area contributed by atoms with Crippen molar-refractivity contribution in [2.24, 2.45) is 0 Å². The molecular weight excluding hydrogens is 150 g/mol. The van der Waals surface area contributed by atoms with Crippen LogP contribution in [0.1, 0.15) is 45.4 Å². The van der Waals surface area contributed by atoms with E-state index in [-0.39, 0.29) is 5.60 Å². The van der Waals surface area contributed by atoms with E-state index in [2.05, 4.69) is 12.2 Å². The standard InChI is InChI=1S/C10H21NO/c1-3-6-10(12)7-4-9(11-2)5-8-10/h9,11-12H,3-8H2,1-2H3. The van der Waals surface area contributed by atoms with Crippen LogP contribution in [0.15, 0.2) is 0 Å². The van der Waals surface area contributed by atoms with Crippen LogP contribution in [0.3, 0.4) is 0 Å². The van der Waals surface area contributed by atoms with Gasteiger partial charge in [0.2, 0.25) is 0 Å². The third-order valence-corrected chi connectivity index (χ3v) is 3.04. The number of hydrogen-bond acceptors (Lipinski definition) is 2. The van der Waals surface area contributed by atoms with E-state index >= 15 is 0 Å². The fourth-order valence-electron chi connectivity index (χ4n) is 2.16. The van der Waals surface area contributed by atoms with E-state index in [4.69, 9.17) is 0 Å². The van der Waals surface area contributed by atoms with Crippen molar-refractivity contribution in [3.05, 3.63) is 0 Å². The Kier molecular flexibility index (Phi) is 3.53. The molecule has 12 heavy (non-hydrogen) atoms. The maximum atomic E-state index is 10.1. The first-order valence-electron chi connectivity index (χ1n) is 5.10. The third kappa shape index (κ3) is 2.46. The third-order valence-electron chi connectivity index (χ3n) is 3.04. The lowest BCUT2D eigenvalue weighted by Gasteiger charge is -2.35. The van der Waals surface area contributed by atoms with Gasteiger partial charge in [-0.2, -0.15) is 0 Å². The lowest BCUT2D eigenvalue weighted by Crippen LogP contribution is -2.39. The van der Waals surface area contributed by atoms with Gasteiger partial charge in [-0.25, -0.2) is 0 Å². The Balaban J connectivity index is 2.33. The van der Waals surface area contributed by atoms with Crippen LogP contribution >= 0.6 is 0 Å². The zero-order chi connectivity index (χ0) is 9.03. The van der Waals surface area contributed by atoms with Gasteiger partial charge in [-0.3, -0.25) is 0 Å². The molecule has 0 heterocycles. The first-order valence-corrected chi connectivity index (χ1v) is 5.10. The molecule has 72 valence electrons. The van der Waals surface area contributed by atoms with E-state index in [1.54, 1.807) is 0 Å². The lowest BCUT2D eigenvalue weighted by molar-refractivity contribution is -0.0108. The summed E-state index contributed by atoms with van der Waals surface area (Å²) in [5, 5.41) is 13.3. The van der Waals surface area contributed by atoms with E-state index in [1.165, 1.54) is 0 Å². The van der Waals surface area contributed by atoms with Crippen molar-refractivity contribution < 1.29 is 5.11 Å². The molecule has 2 heteroatoms. The van der Waals surface area contributed by atoms with Crippen molar-refractivity contribution in [1.29, 1.82) is 0 Å². The minimum atomic E-state index is -0.331. The van der Waals surface area contributed by atoms with Gasteiger partial charge in [0.15, 0.2) is 0 Å². The van der Waals surface area contributed by atoms with Gasteiger partial charge in [0, 0.05) is 6.04 Å². The molecule has 1 aliphatic carbocycles. The predicted molar refractivity (Wildman–Crippen MR) is 51.2 cm³/mol. The van der Waals surface area contributed by atoms with Gasteiger partial charge in [0.05, 0.1) is 5.60 Å². The van der Waals surface area contributed by atoms with Gasteiger partial charge in [-0.15, -0.1) is 0 Å². The molecule has 0 aromatic rings. The second-order valence-corrected chi connectivity index (χ2v) is 4.04. The van der Waals surface area contributed by atoms with Crippen molar-refractivity contribution in [2.45, 2.75) is 57.1 Å². The predicted octanol–water partition coefficient (Wildman–Crippen LogP) is 1.68. The molecule has 1 rings (SSSR count). The number of hydrogen-bond donors (Lipinski definition) is 2. The molecule has 0 unspecified atom stereocenters. The molecular formula is C10H21NO. The fourth-order valence-corrected chi connectivity index (χ4v) is 2.16. The first kappa shape index (κ1) is 10.0. The van der Waals surface area contributed by atoms with E-state index in [0.717, 1.165) is 38.5 Å². The molecule has 0 bridgehead atoms. The first-order chi connectivity index (χ1) is 5.70. The zero-order valence-electron chi connectivity index (χ0n) is 8.27. The molecule has 1 fully saturated rings. The summed E-state index contributed by atoms with van der Waals surface area (Å²) in [7, 11) is 2.01. The van der Waals surface area contributed by atoms with Crippen LogP contribution in [-0.2, 0) is 0 Å². The summed E-state index contributed by atoms with van der Waals surface area (Å²) in [6.07, 6.45) is 6.29. The minimum absolute atomic E-state index is 0.331. The van der Waals surface area contributed by atoms with Crippen LogP contribution in [0, 0.1) is 0 Å². The van der Waals surface area contributed by atoms with Gasteiger partial charge in [0.1, 0.15) is 0 Å². The highest BCUT2D eigenvalue weighted by atomic mass is 16.3. The highest BCUT2D eigenvalue weighted by Gasteiger charge is 2.31. The van der Waals surface area contributed by atoms with E-state index in [0.29, 0.717) is 6.04 Å². The topological polar surface area (TPSA) is 32.3 Å². The summed E-state index contributed by atoms with van der Waals surface area (Å²) in [6, 6.07) is 0.641. The molecule has 2 nitrogen and oxygen atoms in total. The van der Waals surface area contributed by atoms with Crippen LogP contribution in [0.25, 0.3) is 0 Å². The molecule has 1 aliphatic rings. The molecule has 0 aromatic heterocycles. The summed E-state index contributed by atoms with van der Waals surface area (Å²) in [4.78, 5) is 0. The number of aliphatic hydroxyl groups is 1. The molecule has 0 aromatic carbocycles. The summed E-state index contributed by atoms with van der Waals surface area (Å²) in [5.41, 5.74) is -0.331. The van der Waals surface area contributed by atoms with Gasteiger partial charge in [-0.05, 0) is 39.2 Å². The van der Waals surface area contributed by atoms with Gasteiger partial charge in [0.25, 0.3) is 0 Å². The zero-order valence-corrected chi connectivity index (χ0v) is 8.27. The molecule has 0 atom stereocenters. The molecule has 2 N–H and O–H groups in total. The Bertz CT molecular complexity index is 128. The van der Waals surface area contributed by atoms with Gasteiger partial charge < -0.3 is 10.4 Å². The largest absolute Gasteiger partial charge is 0.390 e. The second-order valence-electron chi connectivity index (χ2n) is 4.04. The van der Waals surface area contributed by atoms with Crippen molar-refractivity contribution in [1.82, 2.24) is 5.32 Å². The Labute approximate surface area is 75.4 Å². The normalized spacial score (nSPS) is 36.8. The quantitative estimate of drug-likeness (QED) is 0.677. The average Bonchev–Trinajstić information content (AvgIpc) is 2.06. The summed E-state index contributed by atoms with van der Waals surface area (Å²) < 4.78 is 0. The average molecular weight is 171 g/mol. The molecule has 0 saturated heterocycles. The SMILES string of the molecule is CCCC1(O)CCC(NC)CC1. The van der Waals surface area contributed by atoms with Crippen molar-refractivity contribution in [2.75, 3.05) is 7.05 Å². The van der Waals surface area contributed by atoms with Crippen molar-refractivity contribution >= 4 is 0 Å². The lowest BCUT2D eigenvalue weighted by atomic mass is 9.79. The van der Waals surface area contributed by atoms with Crippen LogP contribution in [0.5, 0.6) is 0 Å². The summed E-state index contributed by atoms with van der Waals surface area (Å²) >= 11 is 0. The Morgan fingerprint density at radius 1 is 1.42 bits per heavy atom. The highest BCUT2D eigenvalue weighted by Crippen LogP contribution is 2.31. The fraction of sp³-hybridized carbons (Fsp3) is 1.00. The number of nitrogens with one attached hydrogen (secondary N) is 1. The monoisotopic (exact) mass is 171 g/mol. The maximum absolute atomic E-state index is 10.1. The maximum Gasteiger partial charge on any atom is 0.0648 e. The highest BCUT2D eigenvalue weighted by molar-refractivity contribution is 4.87. The molecule has 0 aliphatic heterocycles. The van der Waals surface area contributed by atoms with E-state index < -0.39 is 0 Å². The van der Waals surface area contributed by atoms with Gasteiger partial charge >= 0.3 is 0 Å². The molecule has 1 saturated carbocycles. The van der Waals surface area contributed by atoms with Crippen molar-refractivity contribution in [3.8, 4) is 0 Å². The van der Waals surface area contributed by atoms with Gasteiger partial charge in [-0.1, -0.05) is 13.3 Å². The second kappa shape index (κ2) is 4.24. The van der Waals surface area contributed by atoms with Crippen molar-refractivity contribution in [3.63, 3.8) is 0 Å². The smallest absolute Gasteiger partial charge is 0.0648 e. The van der Waals surface area contributed by atoms with E-state index in [1.807, 2.05) is 7.05 Å². The minimum Gasteiger partial charge on any atom is -0.390 e. The van der Waals surface area contributed by atoms with Crippen LogP contribution in [0.2, 0.25) is 0 Å². The van der Waals surface area contributed by atoms with Crippen LogP contribution < -0.4 is 5.32 Å².